The molecule has 1 heterocycles. The average molecular weight is 461 g/mol. The fourth-order valence-corrected chi connectivity index (χ4v) is 4.79. The van der Waals surface area contributed by atoms with Crippen LogP contribution < -0.4 is 0 Å². The number of carbonyl (C=O) groups is 1. The molecule has 31 heavy (non-hydrogen) atoms. The highest BCUT2D eigenvalue weighted by Gasteiger charge is 2.31. The molecule has 0 amide bonds. The molecule has 0 bridgehead atoms. The van der Waals surface area contributed by atoms with E-state index in [1.807, 2.05) is 19.2 Å². The van der Waals surface area contributed by atoms with E-state index in [4.69, 9.17) is 16.3 Å². The van der Waals surface area contributed by atoms with E-state index in [-0.39, 0.29) is 22.1 Å². The van der Waals surface area contributed by atoms with Gasteiger partial charge in [-0.15, -0.1) is 0 Å². The van der Waals surface area contributed by atoms with Crippen LogP contribution in [0.2, 0.25) is 5.02 Å². The molecule has 4 nitrogen and oxygen atoms in total. The van der Waals surface area contributed by atoms with Crippen LogP contribution in [0.15, 0.2) is 53.7 Å². The summed E-state index contributed by atoms with van der Waals surface area (Å²) in [5.41, 5.74) is 1.77. The molecule has 4 rings (SSSR count). The fraction of sp³-hybridized carbons (Fsp3) is 0.217. The molecule has 2 aromatic carbocycles. The summed E-state index contributed by atoms with van der Waals surface area (Å²) >= 11 is 7.20. The van der Waals surface area contributed by atoms with E-state index in [0.29, 0.717) is 22.6 Å². The first-order valence-electron chi connectivity index (χ1n) is 9.80. The second kappa shape index (κ2) is 8.85. The second-order valence-corrected chi connectivity index (χ2v) is 8.39. The number of nitrogens with zero attached hydrogens (tertiary/aromatic N) is 2. The monoisotopic (exact) mass is 460 g/mol. The Bertz CT molecular complexity index is 1190. The van der Waals surface area contributed by atoms with Crippen LogP contribution in [-0.2, 0) is 11.3 Å². The van der Waals surface area contributed by atoms with Crippen molar-refractivity contribution in [3.8, 4) is 0 Å². The van der Waals surface area contributed by atoms with Crippen molar-refractivity contribution >= 4 is 34.2 Å². The fourth-order valence-electron chi connectivity index (χ4n) is 3.55. The molecule has 0 aliphatic heterocycles. The maximum Gasteiger partial charge on any atom is 0.341 e. The normalized spacial score (nSPS) is 15.0. The molecule has 0 spiro atoms. The molecule has 8 heteroatoms. The Morgan fingerprint density at radius 2 is 2.03 bits per heavy atom. The van der Waals surface area contributed by atoms with Crippen molar-refractivity contribution in [1.82, 2.24) is 9.78 Å². The summed E-state index contributed by atoms with van der Waals surface area (Å²) in [5, 5.41) is 4.32. The third-order valence-corrected chi connectivity index (χ3v) is 6.45. The number of thioether (sulfide) groups is 1. The van der Waals surface area contributed by atoms with Crippen LogP contribution >= 0.6 is 23.4 Å². The van der Waals surface area contributed by atoms with Gasteiger partial charge in [0.05, 0.1) is 23.4 Å². The van der Waals surface area contributed by atoms with Crippen LogP contribution in [0.5, 0.6) is 0 Å². The molecular formula is C23H19ClF2N2O2S. The van der Waals surface area contributed by atoms with Gasteiger partial charge in [0.25, 0.3) is 0 Å². The Hall–Kier alpha value is -2.64. The molecule has 3 aromatic rings. The number of ether oxygens (including phenoxy) is 1. The molecule has 1 aromatic heterocycles. The number of rotatable bonds is 6. The highest BCUT2D eigenvalue weighted by molar-refractivity contribution is 8.08. The zero-order valence-corrected chi connectivity index (χ0v) is 18.4. The number of esters is 1. The van der Waals surface area contributed by atoms with Crippen molar-refractivity contribution in [3.63, 3.8) is 0 Å². The Morgan fingerprint density at radius 3 is 2.74 bits per heavy atom. The lowest BCUT2D eigenvalue weighted by Gasteiger charge is -2.12. The highest BCUT2D eigenvalue weighted by atomic mass is 35.5. The minimum absolute atomic E-state index is 0.0294. The first-order chi connectivity index (χ1) is 14.9. The first kappa shape index (κ1) is 21.6. The topological polar surface area (TPSA) is 44.1 Å². The van der Waals surface area contributed by atoms with Gasteiger partial charge in [0.15, 0.2) is 5.82 Å². The lowest BCUT2D eigenvalue weighted by Crippen LogP contribution is -2.07. The smallest absolute Gasteiger partial charge is 0.341 e. The van der Waals surface area contributed by atoms with Gasteiger partial charge in [0.1, 0.15) is 5.82 Å². The van der Waals surface area contributed by atoms with E-state index in [9.17, 15) is 4.79 Å². The van der Waals surface area contributed by atoms with Gasteiger partial charge in [-0.05, 0) is 37.6 Å². The van der Waals surface area contributed by atoms with Crippen molar-refractivity contribution in [2.45, 2.75) is 31.2 Å². The number of aromatic nitrogens is 2. The van der Waals surface area contributed by atoms with Crippen molar-refractivity contribution in [1.29, 1.82) is 0 Å². The van der Waals surface area contributed by atoms with Crippen LogP contribution in [0, 0.1) is 11.6 Å². The van der Waals surface area contributed by atoms with Gasteiger partial charge in [-0.3, -0.25) is 4.68 Å². The predicted octanol–water partition coefficient (Wildman–Crippen LogP) is 6.29. The Balaban J connectivity index is 1.76. The van der Waals surface area contributed by atoms with Gasteiger partial charge in [-0.25, -0.2) is 13.6 Å². The van der Waals surface area contributed by atoms with E-state index < -0.39 is 23.5 Å². The van der Waals surface area contributed by atoms with E-state index in [0.717, 1.165) is 17.3 Å². The number of benzene rings is 2. The van der Waals surface area contributed by atoms with Crippen molar-refractivity contribution < 1.29 is 18.3 Å². The molecular weight excluding hydrogens is 442 g/mol. The number of hydrogen-bond acceptors (Lipinski definition) is 4. The first-order valence-corrected chi connectivity index (χ1v) is 11.0. The van der Waals surface area contributed by atoms with Gasteiger partial charge in [-0.1, -0.05) is 41.6 Å². The largest absolute Gasteiger partial charge is 0.462 e. The molecule has 0 fully saturated rings. The molecule has 160 valence electrons. The van der Waals surface area contributed by atoms with E-state index in [2.05, 4.69) is 5.10 Å². The van der Waals surface area contributed by atoms with E-state index in [1.54, 1.807) is 36.0 Å². The molecule has 1 aliphatic carbocycles. The molecule has 1 unspecified atom stereocenters. The second-order valence-electron chi connectivity index (χ2n) is 6.90. The summed E-state index contributed by atoms with van der Waals surface area (Å²) in [4.78, 5) is 13.0. The van der Waals surface area contributed by atoms with Gasteiger partial charge in [0.2, 0.25) is 0 Å². The van der Waals surface area contributed by atoms with Crippen LogP contribution in [-0.4, -0.2) is 22.4 Å². The number of aryl methyl sites for hydroxylation is 1. The third-order valence-electron chi connectivity index (χ3n) is 5.04. The lowest BCUT2D eigenvalue weighted by molar-refractivity contribution is 0.0520. The van der Waals surface area contributed by atoms with Crippen molar-refractivity contribution in [2.75, 3.05) is 6.61 Å². The summed E-state index contributed by atoms with van der Waals surface area (Å²) in [6, 6.07) is 7.79. The summed E-state index contributed by atoms with van der Waals surface area (Å²) < 4.78 is 36.8. The Labute approximate surface area is 187 Å². The van der Waals surface area contributed by atoms with Crippen LogP contribution in [0.3, 0.4) is 0 Å². The number of fused-ring (bicyclic) bond motifs is 1. The zero-order valence-electron chi connectivity index (χ0n) is 16.9. The SMILES string of the molecule is CCOC(=O)c1cccc(SC2=CC(c3cnn(CC)c3)c3c2ccc(Cl)c3F)c1F. The number of carbonyl (C=O) groups excluding carboxylic acids is 1. The lowest BCUT2D eigenvalue weighted by atomic mass is 9.95. The number of hydrogen-bond donors (Lipinski definition) is 0. The summed E-state index contributed by atoms with van der Waals surface area (Å²) in [7, 11) is 0. The van der Waals surface area contributed by atoms with Crippen LogP contribution in [0.1, 0.15) is 46.8 Å². The van der Waals surface area contributed by atoms with Gasteiger partial charge < -0.3 is 4.74 Å². The maximum absolute atomic E-state index is 15.0. The van der Waals surface area contributed by atoms with E-state index >= 15 is 8.78 Å². The van der Waals surface area contributed by atoms with Crippen LogP contribution in [0.25, 0.3) is 4.91 Å². The quantitative estimate of drug-likeness (QED) is 0.405. The molecule has 0 saturated carbocycles. The molecule has 0 radical (unpaired) electrons. The number of halogens is 3. The van der Waals surface area contributed by atoms with Crippen molar-refractivity contribution in [2.24, 2.45) is 0 Å². The molecule has 1 atom stereocenters. The summed E-state index contributed by atoms with van der Waals surface area (Å²) in [6.07, 6.45) is 5.44. The minimum Gasteiger partial charge on any atom is -0.462 e. The Kier molecular flexibility index (Phi) is 6.16. The van der Waals surface area contributed by atoms with E-state index in [1.165, 1.54) is 12.1 Å². The summed E-state index contributed by atoms with van der Waals surface area (Å²) in [6.45, 7) is 4.47. The number of allylic oxidation sites excluding steroid dienone is 1. The molecule has 1 aliphatic rings. The van der Waals surface area contributed by atoms with Gasteiger partial charge in [0, 0.05) is 39.6 Å². The maximum atomic E-state index is 15.0. The molecule has 0 N–H and O–H groups in total. The van der Waals surface area contributed by atoms with Crippen molar-refractivity contribution in [3.05, 3.63) is 87.7 Å². The highest BCUT2D eigenvalue weighted by Crippen LogP contribution is 2.49. The molecule has 0 saturated heterocycles. The minimum atomic E-state index is -0.717. The van der Waals surface area contributed by atoms with Gasteiger partial charge in [-0.2, -0.15) is 5.10 Å². The van der Waals surface area contributed by atoms with Crippen LogP contribution in [0.4, 0.5) is 8.78 Å². The third kappa shape index (κ3) is 4.00. The summed E-state index contributed by atoms with van der Waals surface area (Å²) in [5.74, 6) is -2.27. The Morgan fingerprint density at radius 1 is 1.23 bits per heavy atom. The standard InChI is InChI=1S/C23H19ClF2N2O2S/c1-3-28-12-13(11-27-28)16-10-19(14-8-9-17(24)22(26)20(14)16)31-18-7-5-6-15(21(18)25)23(29)30-4-2/h5-12,16H,3-4H2,1-2H3. The zero-order chi connectivity index (χ0) is 22.1. The van der Waals surface area contributed by atoms with Gasteiger partial charge >= 0.3 is 5.97 Å². The predicted molar refractivity (Wildman–Crippen MR) is 117 cm³/mol. The average Bonchev–Trinajstić information content (AvgIpc) is 3.37.